The molecule has 0 aliphatic heterocycles. The quantitative estimate of drug-likeness (QED) is 0.554. The van der Waals surface area contributed by atoms with Gasteiger partial charge in [-0.3, -0.25) is 0 Å². The molecule has 0 saturated carbocycles. The summed E-state index contributed by atoms with van der Waals surface area (Å²) in [6.45, 7) is 5.31. The van der Waals surface area contributed by atoms with Gasteiger partial charge in [-0.15, -0.1) is 6.42 Å². The lowest BCUT2D eigenvalue weighted by molar-refractivity contribution is 0.264. The minimum Gasteiger partial charge on any atom is -0.461 e. The van der Waals surface area contributed by atoms with E-state index < -0.39 is 0 Å². The number of nitrogens with zero attached hydrogens (tertiary/aromatic N) is 2. The van der Waals surface area contributed by atoms with Gasteiger partial charge in [0.15, 0.2) is 6.10 Å². The summed E-state index contributed by atoms with van der Waals surface area (Å²) in [5.41, 5.74) is 0.708. The molecule has 0 aliphatic carbocycles. The van der Waals surface area contributed by atoms with Gasteiger partial charge in [0, 0.05) is 5.56 Å². The van der Waals surface area contributed by atoms with Crippen molar-refractivity contribution >= 4 is 11.6 Å². The fraction of sp³-hybridized carbons (Fsp3) is 0.400. The van der Waals surface area contributed by atoms with Crippen LogP contribution in [0.25, 0.3) is 0 Å². The lowest BCUT2D eigenvalue weighted by Crippen LogP contribution is -2.11. The molecule has 0 bridgehead atoms. The molecule has 0 aliphatic rings. The molecule has 0 aromatic carbocycles. The molecule has 0 radical (unpaired) electrons. The average Bonchev–Trinajstić information content (AvgIpc) is 2.13. The summed E-state index contributed by atoms with van der Waals surface area (Å²) < 4.78 is 5.38. The lowest BCUT2D eigenvalue weighted by Gasteiger charge is -2.11. The van der Waals surface area contributed by atoms with Crippen LogP contribution >= 0.6 is 11.6 Å². The molecule has 0 spiro atoms. The Labute approximate surface area is 88.5 Å². The van der Waals surface area contributed by atoms with Crippen molar-refractivity contribution in [2.75, 3.05) is 0 Å². The van der Waals surface area contributed by atoms with Gasteiger partial charge in [-0.1, -0.05) is 17.5 Å². The van der Waals surface area contributed by atoms with E-state index in [-0.39, 0.29) is 6.10 Å². The van der Waals surface area contributed by atoms with Crippen LogP contribution in [0.15, 0.2) is 0 Å². The number of aromatic nitrogens is 2. The third kappa shape index (κ3) is 2.36. The van der Waals surface area contributed by atoms with Crippen molar-refractivity contribution in [3.8, 4) is 18.2 Å². The molecule has 3 nitrogen and oxygen atoms in total. The number of hydrogen-bond donors (Lipinski definition) is 0. The summed E-state index contributed by atoms with van der Waals surface area (Å²) in [6.07, 6.45) is 4.87. The summed E-state index contributed by atoms with van der Waals surface area (Å²) in [5, 5.41) is 0.400. The molecule has 1 unspecified atom stereocenters. The molecule has 1 aromatic heterocycles. The highest BCUT2D eigenvalue weighted by molar-refractivity contribution is 6.30. The van der Waals surface area contributed by atoms with Crippen LogP contribution in [0.2, 0.25) is 5.15 Å². The number of terminal acetylenes is 1. The largest absolute Gasteiger partial charge is 0.461 e. The van der Waals surface area contributed by atoms with Crippen LogP contribution in [0, 0.1) is 26.2 Å². The van der Waals surface area contributed by atoms with Crippen molar-refractivity contribution in [2.45, 2.75) is 26.9 Å². The molecule has 0 amide bonds. The Kier molecular flexibility index (Phi) is 3.32. The fourth-order valence-corrected chi connectivity index (χ4v) is 1.09. The van der Waals surface area contributed by atoms with Crippen LogP contribution in [0.3, 0.4) is 0 Å². The zero-order valence-corrected chi connectivity index (χ0v) is 9.09. The van der Waals surface area contributed by atoms with Gasteiger partial charge < -0.3 is 4.74 Å². The molecule has 1 aromatic rings. The smallest absolute Gasteiger partial charge is 0.222 e. The van der Waals surface area contributed by atoms with Crippen LogP contribution in [0.1, 0.15) is 18.3 Å². The van der Waals surface area contributed by atoms with Gasteiger partial charge in [0.1, 0.15) is 11.0 Å². The van der Waals surface area contributed by atoms with E-state index in [0.29, 0.717) is 22.4 Å². The van der Waals surface area contributed by atoms with E-state index in [1.54, 1.807) is 20.8 Å². The van der Waals surface area contributed by atoms with E-state index in [1.807, 2.05) is 0 Å². The number of hydrogen-bond acceptors (Lipinski definition) is 3. The Morgan fingerprint density at radius 2 is 2.07 bits per heavy atom. The van der Waals surface area contributed by atoms with E-state index in [0.717, 1.165) is 0 Å². The van der Waals surface area contributed by atoms with E-state index in [9.17, 15) is 0 Å². The van der Waals surface area contributed by atoms with E-state index in [4.69, 9.17) is 22.8 Å². The Bertz CT molecular complexity index is 384. The first kappa shape index (κ1) is 10.8. The number of rotatable bonds is 2. The predicted octanol–water partition coefficient (Wildman–Crippen LogP) is 2.15. The molecule has 74 valence electrons. The highest BCUT2D eigenvalue weighted by atomic mass is 35.5. The average molecular weight is 211 g/mol. The third-order valence-corrected chi connectivity index (χ3v) is 2.04. The van der Waals surface area contributed by atoms with Crippen LogP contribution in [0.5, 0.6) is 5.88 Å². The highest BCUT2D eigenvalue weighted by Crippen LogP contribution is 2.22. The Balaban J connectivity index is 3.03. The third-order valence-electron chi connectivity index (χ3n) is 1.68. The second-order valence-electron chi connectivity index (χ2n) is 2.92. The van der Waals surface area contributed by atoms with Crippen molar-refractivity contribution in [3.05, 3.63) is 16.5 Å². The minimum atomic E-state index is -0.320. The number of halogens is 1. The van der Waals surface area contributed by atoms with Gasteiger partial charge in [0.2, 0.25) is 5.88 Å². The van der Waals surface area contributed by atoms with Gasteiger partial charge in [-0.05, 0) is 20.8 Å². The van der Waals surface area contributed by atoms with Crippen molar-refractivity contribution in [3.63, 3.8) is 0 Å². The Morgan fingerprint density at radius 3 is 2.64 bits per heavy atom. The number of aryl methyl sites for hydroxylation is 1. The maximum Gasteiger partial charge on any atom is 0.222 e. The molecule has 14 heavy (non-hydrogen) atoms. The monoisotopic (exact) mass is 210 g/mol. The summed E-state index contributed by atoms with van der Waals surface area (Å²) in [6, 6.07) is 0. The van der Waals surface area contributed by atoms with Crippen molar-refractivity contribution < 1.29 is 4.74 Å². The lowest BCUT2D eigenvalue weighted by atomic mass is 10.3. The standard InChI is InChI=1S/C10H11ClN2O/c1-5-6(2)14-10-7(3)9(11)12-8(4)13-10/h1,6H,2-4H3. The Morgan fingerprint density at radius 1 is 1.43 bits per heavy atom. The summed E-state index contributed by atoms with van der Waals surface area (Å²) in [5.74, 6) is 3.47. The van der Waals surface area contributed by atoms with E-state index >= 15 is 0 Å². The van der Waals surface area contributed by atoms with Crippen molar-refractivity contribution in [1.82, 2.24) is 9.97 Å². The van der Waals surface area contributed by atoms with Crippen molar-refractivity contribution in [2.24, 2.45) is 0 Å². The van der Waals surface area contributed by atoms with E-state index in [2.05, 4.69) is 15.9 Å². The highest BCUT2D eigenvalue weighted by Gasteiger charge is 2.10. The summed E-state index contributed by atoms with van der Waals surface area (Å²) in [7, 11) is 0. The molecular formula is C10H11ClN2O. The molecule has 1 atom stereocenters. The fourth-order valence-electron chi connectivity index (χ4n) is 0.886. The maximum absolute atomic E-state index is 5.86. The second-order valence-corrected chi connectivity index (χ2v) is 3.28. The Hall–Kier alpha value is -1.27. The van der Waals surface area contributed by atoms with Gasteiger partial charge in [0.25, 0.3) is 0 Å². The van der Waals surface area contributed by atoms with Gasteiger partial charge in [-0.25, -0.2) is 4.98 Å². The first-order valence-corrected chi connectivity index (χ1v) is 4.56. The molecule has 0 N–H and O–H groups in total. The van der Waals surface area contributed by atoms with Gasteiger partial charge >= 0.3 is 0 Å². The normalized spacial score (nSPS) is 11.9. The van der Waals surface area contributed by atoms with E-state index in [1.165, 1.54) is 0 Å². The topological polar surface area (TPSA) is 35.0 Å². The SMILES string of the molecule is C#CC(C)Oc1nc(C)nc(Cl)c1C. The maximum atomic E-state index is 5.86. The first-order chi connectivity index (χ1) is 6.54. The zero-order valence-electron chi connectivity index (χ0n) is 8.34. The predicted molar refractivity (Wildman–Crippen MR) is 55.4 cm³/mol. The molecule has 0 fully saturated rings. The first-order valence-electron chi connectivity index (χ1n) is 4.18. The van der Waals surface area contributed by atoms with Crippen LogP contribution in [0.4, 0.5) is 0 Å². The zero-order chi connectivity index (χ0) is 10.7. The molecule has 0 saturated heterocycles. The summed E-state index contributed by atoms with van der Waals surface area (Å²) >= 11 is 5.86. The second kappa shape index (κ2) is 4.30. The minimum absolute atomic E-state index is 0.320. The van der Waals surface area contributed by atoms with Gasteiger partial charge in [0.05, 0.1) is 0 Å². The summed E-state index contributed by atoms with van der Waals surface area (Å²) in [4.78, 5) is 8.10. The molecule has 4 heteroatoms. The van der Waals surface area contributed by atoms with Crippen LogP contribution in [-0.2, 0) is 0 Å². The number of ether oxygens (including phenoxy) is 1. The molecule has 1 rings (SSSR count). The van der Waals surface area contributed by atoms with Crippen LogP contribution < -0.4 is 4.74 Å². The van der Waals surface area contributed by atoms with Gasteiger partial charge in [-0.2, -0.15) is 4.98 Å². The molecular weight excluding hydrogens is 200 g/mol. The van der Waals surface area contributed by atoms with Crippen molar-refractivity contribution in [1.29, 1.82) is 0 Å². The molecule has 1 heterocycles. The van der Waals surface area contributed by atoms with Crippen LogP contribution in [-0.4, -0.2) is 16.1 Å².